The Hall–Kier alpha value is -7.88. The molecule has 62 heavy (non-hydrogen) atoms. The highest BCUT2D eigenvalue weighted by molar-refractivity contribution is 6.93. The second-order valence-corrected chi connectivity index (χ2v) is 16.6. The summed E-state index contributed by atoms with van der Waals surface area (Å²) in [5.41, 5.74) is 21.9. The van der Waals surface area contributed by atoms with E-state index in [1.165, 1.54) is 100.0 Å². The van der Waals surface area contributed by atoms with Crippen LogP contribution in [0, 0.1) is 6.92 Å². The molecule has 10 aromatic rings. The zero-order chi connectivity index (χ0) is 41.1. The Bertz CT molecular complexity index is 3290. The van der Waals surface area contributed by atoms with Gasteiger partial charge in [0.2, 0.25) is 0 Å². The Morgan fingerprint density at radius 2 is 0.839 bits per heavy atom. The van der Waals surface area contributed by atoms with Crippen LogP contribution in [0.15, 0.2) is 231 Å². The monoisotopic (exact) mass is 788 g/mol. The molecule has 2 aliphatic heterocycles. The molecule has 290 valence electrons. The van der Waals surface area contributed by atoms with Crippen molar-refractivity contribution in [2.75, 3.05) is 9.71 Å². The standard InChI is InChI=1S/C59H41BN2/c1-40-15-11-14-24-52(40)49-36-54-53-35-46-22-12-13-23-47(46)38-57(53)62(51-32-27-45(28-33-51)42-18-7-3-8-19-42)60-55-37-48(43-20-9-4-10-21-43)29-34-56(55)61(58(39-49)59(54)60)50-30-25-44(26-31-50)41-16-5-2-6-17-41/h2-39H,1H3. The summed E-state index contributed by atoms with van der Waals surface area (Å²) >= 11 is 0. The largest absolute Gasteiger partial charge is 0.376 e. The molecule has 0 bridgehead atoms. The Morgan fingerprint density at radius 1 is 0.323 bits per heavy atom. The van der Waals surface area contributed by atoms with Crippen molar-refractivity contribution in [3.05, 3.63) is 236 Å². The van der Waals surface area contributed by atoms with E-state index in [1.54, 1.807) is 0 Å². The summed E-state index contributed by atoms with van der Waals surface area (Å²) < 4.78 is 0. The van der Waals surface area contributed by atoms with Gasteiger partial charge >= 0.3 is 6.85 Å². The molecule has 0 spiro atoms. The Labute approximate surface area is 363 Å². The molecule has 12 rings (SSSR count). The Kier molecular flexibility index (Phi) is 8.53. The number of rotatable bonds is 6. The van der Waals surface area contributed by atoms with Crippen molar-refractivity contribution < 1.29 is 0 Å². The van der Waals surface area contributed by atoms with Gasteiger partial charge in [-0.2, -0.15) is 0 Å². The lowest BCUT2D eigenvalue weighted by molar-refractivity contribution is 1.27. The minimum atomic E-state index is -0.124. The molecule has 0 aliphatic carbocycles. The van der Waals surface area contributed by atoms with Crippen LogP contribution >= 0.6 is 0 Å². The summed E-state index contributed by atoms with van der Waals surface area (Å²) in [5, 5.41) is 2.46. The van der Waals surface area contributed by atoms with Crippen LogP contribution in [0.4, 0.5) is 28.4 Å². The highest BCUT2D eigenvalue weighted by atomic mass is 15.2. The van der Waals surface area contributed by atoms with Crippen molar-refractivity contribution in [1.82, 2.24) is 0 Å². The third-order valence-corrected chi connectivity index (χ3v) is 13.0. The summed E-state index contributed by atoms with van der Waals surface area (Å²) in [6.45, 7) is 2.10. The topological polar surface area (TPSA) is 6.48 Å². The lowest BCUT2D eigenvalue weighted by atomic mass is 9.43. The van der Waals surface area contributed by atoms with E-state index in [2.05, 4.69) is 247 Å². The summed E-state index contributed by atoms with van der Waals surface area (Å²) in [6.07, 6.45) is 0. The van der Waals surface area contributed by atoms with E-state index in [0.29, 0.717) is 0 Å². The molecule has 0 saturated carbocycles. The molecular weight excluding hydrogens is 747 g/mol. The van der Waals surface area contributed by atoms with Gasteiger partial charge in [-0.1, -0.05) is 176 Å². The maximum atomic E-state index is 2.62. The van der Waals surface area contributed by atoms with Gasteiger partial charge in [0, 0.05) is 34.0 Å². The van der Waals surface area contributed by atoms with E-state index >= 15 is 0 Å². The third-order valence-electron chi connectivity index (χ3n) is 13.0. The number of hydrogen-bond donors (Lipinski definition) is 0. The first kappa shape index (κ1) is 36.0. The molecule has 0 N–H and O–H groups in total. The Morgan fingerprint density at radius 3 is 1.47 bits per heavy atom. The van der Waals surface area contributed by atoms with Crippen molar-refractivity contribution in [3.8, 4) is 55.6 Å². The fourth-order valence-corrected chi connectivity index (χ4v) is 9.95. The summed E-state index contributed by atoms with van der Waals surface area (Å²) in [4.78, 5) is 5.15. The molecule has 0 atom stereocenters. The van der Waals surface area contributed by atoms with Crippen molar-refractivity contribution in [1.29, 1.82) is 0 Å². The predicted octanol–water partition coefficient (Wildman–Crippen LogP) is 14.5. The number of fused-ring (bicyclic) bond motifs is 5. The molecule has 0 amide bonds. The SMILES string of the molecule is Cc1ccccc1-c1cc2c3c(c1)N(c1ccc(-c4ccccc4)cc1)c1ccc(-c4ccccc4)cc1B3N(c1ccc(-c3ccccc3)cc1)c1cc3ccccc3cc1-2. The van der Waals surface area contributed by atoms with Crippen LogP contribution < -0.4 is 20.6 Å². The molecule has 2 nitrogen and oxygen atoms in total. The fourth-order valence-electron chi connectivity index (χ4n) is 9.95. The zero-order valence-electron chi connectivity index (χ0n) is 34.4. The van der Waals surface area contributed by atoms with Crippen LogP contribution in [-0.2, 0) is 0 Å². The number of benzene rings is 10. The normalized spacial score (nSPS) is 12.5. The quantitative estimate of drug-likeness (QED) is 0.155. The van der Waals surface area contributed by atoms with Crippen molar-refractivity contribution >= 4 is 57.0 Å². The van der Waals surface area contributed by atoms with E-state index in [-0.39, 0.29) is 6.85 Å². The van der Waals surface area contributed by atoms with Gasteiger partial charge < -0.3 is 9.71 Å². The highest BCUT2D eigenvalue weighted by Gasteiger charge is 2.45. The van der Waals surface area contributed by atoms with Gasteiger partial charge in [0.25, 0.3) is 0 Å². The van der Waals surface area contributed by atoms with Crippen LogP contribution in [0.25, 0.3) is 66.4 Å². The van der Waals surface area contributed by atoms with Crippen LogP contribution in [0.3, 0.4) is 0 Å². The van der Waals surface area contributed by atoms with Gasteiger partial charge in [-0.3, -0.25) is 0 Å². The first-order chi connectivity index (χ1) is 30.7. The molecule has 0 unspecified atom stereocenters. The first-order valence-electron chi connectivity index (χ1n) is 21.5. The van der Waals surface area contributed by atoms with E-state index in [1.807, 2.05) is 0 Å². The number of nitrogens with zero attached hydrogens (tertiary/aromatic N) is 2. The average Bonchev–Trinajstić information content (AvgIpc) is 3.34. The maximum absolute atomic E-state index is 2.62. The molecular formula is C59H41BN2. The van der Waals surface area contributed by atoms with E-state index in [4.69, 9.17) is 0 Å². The van der Waals surface area contributed by atoms with Crippen LogP contribution in [0.2, 0.25) is 0 Å². The minimum absolute atomic E-state index is 0.124. The third kappa shape index (κ3) is 5.97. The van der Waals surface area contributed by atoms with Gasteiger partial charge in [-0.25, -0.2) is 0 Å². The van der Waals surface area contributed by atoms with Crippen LogP contribution in [-0.4, -0.2) is 6.85 Å². The van der Waals surface area contributed by atoms with Gasteiger partial charge in [0.05, 0.1) is 0 Å². The Balaban J connectivity index is 1.17. The maximum Gasteiger partial charge on any atom is 0.333 e. The van der Waals surface area contributed by atoms with E-state index in [0.717, 1.165) is 11.4 Å². The second kappa shape index (κ2) is 14.7. The smallest absolute Gasteiger partial charge is 0.333 e. The summed E-state index contributed by atoms with van der Waals surface area (Å²) in [6, 6.07) is 85.1. The molecule has 0 fully saturated rings. The molecule has 2 aliphatic rings. The zero-order valence-corrected chi connectivity index (χ0v) is 34.4. The number of hydrogen-bond acceptors (Lipinski definition) is 2. The van der Waals surface area contributed by atoms with Gasteiger partial charge in [-0.05, 0) is 139 Å². The van der Waals surface area contributed by atoms with Gasteiger partial charge in [0.1, 0.15) is 0 Å². The lowest BCUT2D eigenvalue weighted by Gasteiger charge is -2.46. The predicted molar refractivity (Wildman–Crippen MR) is 264 cm³/mol. The number of anilines is 5. The molecule has 3 heteroatoms. The molecule has 0 radical (unpaired) electrons. The van der Waals surface area contributed by atoms with E-state index in [9.17, 15) is 0 Å². The minimum Gasteiger partial charge on any atom is -0.376 e. The van der Waals surface area contributed by atoms with Crippen LogP contribution in [0.5, 0.6) is 0 Å². The van der Waals surface area contributed by atoms with Crippen molar-refractivity contribution in [2.45, 2.75) is 6.92 Å². The molecule has 0 saturated heterocycles. The fraction of sp³-hybridized carbons (Fsp3) is 0.0169. The lowest BCUT2D eigenvalue weighted by Crippen LogP contribution is -2.61. The summed E-state index contributed by atoms with van der Waals surface area (Å²) in [7, 11) is 0. The average molecular weight is 789 g/mol. The highest BCUT2D eigenvalue weighted by Crippen LogP contribution is 2.49. The van der Waals surface area contributed by atoms with Crippen molar-refractivity contribution in [3.63, 3.8) is 0 Å². The second-order valence-electron chi connectivity index (χ2n) is 16.6. The molecule has 0 aromatic heterocycles. The van der Waals surface area contributed by atoms with Gasteiger partial charge in [-0.15, -0.1) is 0 Å². The van der Waals surface area contributed by atoms with E-state index < -0.39 is 0 Å². The first-order valence-corrected chi connectivity index (χ1v) is 21.5. The number of aryl methyl sites for hydroxylation is 1. The molecule has 10 aromatic carbocycles. The van der Waals surface area contributed by atoms with Crippen molar-refractivity contribution in [2.24, 2.45) is 0 Å². The molecule has 2 heterocycles. The van der Waals surface area contributed by atoms with Crippen LogP contribution in [0.1, 0.15) is 5.56 Å². The van der Waals surface area contributed by atoms with Gasteiger partial charge in [0.15, 0.2) is 0 Å². The summed E-state index contributed by atoms with van der Waals surface area (Å²) in [5.74, 6) is 0.